The van der Waals surface area contributed by atoms with Gasteiger partial charge in [-0.3, -0.25) is 4.79 Å². The molecule has 0 saturated heterocycles. The molecule has 0 aliphatic rings. The highest BCUT2D eigenvalue weighted by atomic mass is 16.5. The molecule has 1 rings (SSSR count). The Bertz CT molecular complexity index is 529. The molecule has 1 aromatic heterocycles. The molecule has 0 fully saturated rings. The highest BCUT2D eigenvalue weighted by Crippen LogP contribution is 2.31. The van der Waals surface area contributed by atoms with Crippen LogP contribution < -0.4 is 5.01 Å². The van der Waals surface area contributed by atoms with E-state index in [4.69, 9.17) is 4.52 Å². The quantitative estimate of drug-likeness (QED) is 0.323. The van der Waals surface area contributed by atoms with Gasteiger partial charge < -0.3 is 9.63 Å². The molecule has 1 N–H and O–H groups in total. The minimum Gasteiger partial charge on any atom is -0.502 e. The van der Waals surface area contributed by atoms with Gasteiger partial charge in [0.1, 0.15) is 0 Å². The van der Waals surface area contributed by atoms with Gasteiger partial charge in [0.15, 0.2) is 5.76 Å². The lowest BCUT2D eigenvalue weighted by Gasteiger charge is -2.24. The van der Waals surface area contributed by atoms with Gasteiger partial charge in [-0.2, -0.15) is 0 Å². The smallest absolute Gasteiger partial charge is 0.239 e. The molecule has 1 heterocycles. The Balaban J connectivity index is 2.16. The lowest BCUT2D eigenvalue weighted by atomic mass is 10.0. The molecule has 0 bridgehead atoms. The number of hydrazine groups is 1. The van der Waals surface area contributed by atoms with Crippen molar-refractivity contribution < 1.29 is 14.4 Å². The molecule has 0 radical (unpaired) electrons. The summed E-state index contributed by atoms with van der Waals surface area (Å²) < 4.78 is 5.26. The molecular formula is C21H39N3O3. The molecule has 1 amide bonds. The summed E-state index contributed by atoms with van der Waals surface area (Å²) in [6.07, 6.45) is 16.1. The van der Waals surface area contributed by atoms with Crippen molar-refractivity contribution in [3.8, 4) is 5.75 Å². The largest absolute Gasteiger partial charge is 0.502 e. The first-order chi connectivity index (χ1) is 13.0. The van der Waals surface area contributed by atoms with Crippen LogP contribution in [0.2, 0.25) is 0 Å². The van der Waals surface area contributed by atoms with Crippen LogP contribution in [0.5, 0.6) is 5.75 Å². The Morgan fingerprint density at radius 3 is 1.85 bits per heavy atom. The number of hydrogen-bond acceptors (Lipinski definition) is 5. The third-order valence-corrected chi connectivity index (χ3v) is 4.87. The minimum atomic E-state index is -0.222. The van der Waals surface area contributed by atoms with Crippen molar-refractivity contribution in [1.82, 2.24) is 10.2 Å². The van der Waals surface area contributed by atoms with Crippen LogP contribution in [-0.4, -0.2) is 35.3 Å². The number of rotatable bonds is 15. The first-order valence-electron chi connectivity index (χ1n) is 10.6. The van der Waals surface area contributed by atoms with Gasteiger partial charge in [-0.05, 0) is 6.42 Å². The van der Waals surface area contributed by atoms with E-state index in [1.807, 2.05) is 0 Å². The fourth-order valence-corrected chi connectivity index (χ4v) is 3.36. The van der Waals surface area contributed by atoms with Crippen molar-refractivity contribution in [3.05, 3.63) is 5.76 Å². The molecule has 0 aliphatic carbocycles. The first-order valence-corrected chi connectivity index (χ1v) is 10.6. The van der Waals surface area contributed by atoms with Gasteiger partial charge in [-0.1, -0.05) is 82.7 Å². The second-order valence-corrected chi connectivity index (χ2v) is 7.60. The number of unbranched alkanes of at least 4 members (excludes halogenated alkanes) is 11. The molecular weight excluding hydrogens is 342 g/mol. The van der Waals surface area contributed by atoms with Crippen molar-refractivity contribution in [2.45, 2.75) is 97.3 Å². The van der Waals surface area contributed by atoms with Gasteiger partial charge >= 0.3 is 0 Å². The van der Waals surface area contributed by atoms with Crippen molar-refractivity contribution >= 4 is 11.7 Å². The summed E-state index contributed by atoms with van der Waals surface area (Å²) in [4.78, 5) is 11.7. The summed E-state index contributed by atoms with van der Waals surface area (Å²) >= 11 is 0. The maximum absolute atomic E-state index is 11.7. The molecule has 0 saturated carbocycles. The molecule has 0 spiro atoms. The van der Waals surface area contributed by atoms with Crippen LogP contribution in [-0.2, 0) is 11.2 Å². The Morgan fingerprint density at radius 2 is 1.41 bits per heavy atom. The molecule has 27 heavy (non-hydrogen) atoms. The van der Waals surface area contributed by atoms with Crippen LogP contribution in [0.25, 0.3) is 0 Å². The average molecular weight is 382 g/mol. The maximum atomic E-state index is 11.7. The van der Waals surface area contributed by atoms with Crippen LogP contribution in [0.3, 0.4) is 0 Å². The normalized spacial score (nSPS) is 11.3. The average Bonchev–Trinajstić information content (AvgIpc) is 2.96. The lowest BCUT2D eigenvalue weighted by Crippen LogP contribution is -2.40. The fourth-order valence-electron chi connectivity index (χ4n) is 3.36. The van der Waals surface area contributed by atoms with Gasteiger partial charge in [-0.15, -0.1) is 0 Å². The van der Waals surface area contributed by atoms with Crippen LogP contribution in [0.1, 0.15) is 96.7 Å². The molecule has 0 aromatic carbocycles. The topological polar surface area (TPSA) is 69.8 Å². The van der Waals surface area contributed by atoms with E-state index in [0.717, 1.165) is 12.8 Å². The Morgan fingerprint density at radius 1 is 0.926 bits per heavy atom. The summed E-state index contributed by atoms with van der Waals surface area (Å²) in [5.41, 5.74) is 0. The molecule has 6 heteroatoms. The summed E-state index contributed by atoms with van der Waals surface area (Å²) in [5, 5.41) is 17.0. The third kappa shape index (κ3) is 8.78. The summed E-state index contributed by atoms with van der Waals surface area (Å²) in [5.74, 6) is 0.383. The highest BCUT2D eigenvalue weighted by Gasteiger charge is 2.25. The van der Waals surface area contributed by atoms with Crippen molar-refractivity contribution in [2.75, 3.05) is 19.1 Å². The molecule has 0 atom stereocenters. The number of carbonyl (C=O) groups excluding carboxylic acids is 1. The van der Waals surface area contributed by atoms with Gasteiger partial charge in [-0.25, -0.2) is 10.0 Å². The van der Waals surface area contributed by atoms with E-state index in [0.29, 0.717) is 12.2 Å². The van der Waals surface area contributed by atoms with Crippen molar-refractivity contribution in [2.24, 2.45) is 0 Å². The number of amides is 1. The second-order valence-electron chi connectivity index (χ2n) is 7.60. The molecule has 6 nitrogen and oxygen atoms in total. The molecule has 0 unspecified atom stereocenters. The number of aryl methyl sites for hydroxylation is 1. The van der Waals surface area contributed by atoms with Gasteiger partial charge in [0.2, 0.25) is 17.5 Å². The minimum absolute atomic E-state index is 0.0260. The van der Waals surface area contributed by atoms with E-state index in [9.17, 15) is 9.90 Å². The van der Waals surface area contributed by atoms with Crippen LogP contribution in [0.15, 0.2) is 4.52 Å². The van der Waals surface area contributed by atoms with E-state index in [-0.39, 0.29) is 17.5 Å². The van der Waals surface area contributed by atoms with Gasteiger partial charge in [0, 0.05) is 27.4 Å². The Kier molecular flexibility index (Phi) is 11.8. The SMILES string of the molecule is CCCCCCCCCCCCCCc1onc(N(C(C)=O)N(C)C)c1O. The summed E-state index contributed by atoms with van der Waals surface area (Å²) in [6.45, 7) is 3.69. The Labute approximate surface area is 164 Å². The highest BCUT2D eigenvalue weighted by molar-refractivity contribution is 5.90. The third-order valence-electron chi connectivity index (χ3n) is 4.87. The number of hydrogen-bond donors (Lipinski definition) is 1. The molecule has 1 aromatic rings. The second kappa shape index (κ2) is 13.6. The van der Waals surface area contributed by atoms with Crippen LogP contribution >= 0.6 is 0 Å². The zero-order valence-electron chi connectivity index (χ0n) is 17.8. The van der Waals surface area contributed by atoms with Gasteiger partial charge in [0.05, 0.1) is 0 Å². The molecule has 156 valence electrons. The number of carbonyl (C=O) groups is 1. The zero-order chi connectivity index (χ0) is 20.1. The van der Waals surface area contributed by atoms with E-state index in [1.165, 1.54) is 76.1 Å². The monoisotopic (exact) mass is 381 g/mol. The van der Waals surface area contributed by atoms with E-state index < -0.39 is 0 Å². The summed E-state index contributed by atoms with van der Waals surface area (Å²) in [6, 6.07) is 0. The number of anilines is 1. The lowest BCUT2D eigenvalue weighted by molar-refractivity contribution is -0.119. The predicted octanol–water partition coefficient (Wildman–Crippen LogP) is 5.45. The number of aromatic nitrogens is 1. The van der Waals surface area contributed by atoms with Crippen LogP contribution in [0, 0.1) is 0 Å². The van der Waals surface area contributed by atoms with Gasteiger partial charge in [0.25, 0.3) is 0 Å². The van der Waals surface area contributed by atoms with Crippen molar-refractivity contribution in [1.29, 1.82) is 0 Å². The van der Waals surface area contributed by atoms with E-state index in [1.54, 1.807) is 19.1 Å². The maximum Gasteiger partial charge on any atom is 0.239 e. The fraction of sp³-hybridized carbons (Fsp3) is 0.810. The molecule has 0 aliphatic heterocycles. The first kappa shape index (κ1) is 23.5. The van der Waals surface area contributed by atoms with E-state index >= 15 is 0 Å². The van der Waals surface area contributed by atoms with Crippen LogP contribution in [0.4, 0.5) is 5.82 Å². The predicted molar refractivity (Wildman–Crippen MR) is 110 cm³/mol. The van der Waals surface area contributed by atoms with E-state index in [2.05, 4.69) is 12.1 Å². The van der Waals surface area contributed by atoms with Crippen molar-refractivity contribution in [3.63, 3.8) is 0 Å². The zero-order valence-corrected chi connectivity index (χ0v) is 17.8. The number of aromatic hydroxyl groups is 1. The summed E-state index contributed by atoms with van der Waals surface area (Å²) in [7, 11) is 3.45. The Hall–Kier alpha value is -1.56. The standard InChI is InChI=1S/C21H39N3O3/c1-5-6-7-8-9-10-11-12-13-14-15-16-17-19-20(26)21(22-27-19)24(18(2)25)23(3)4/h26H,5-17H2,1-4H3. The number of nitrogens with zero attached hydrogens (tertiary/aromatic N) is 3.